The Morgan fingerprint density at radius 2 is 2.13 bits per heavy atom. The molecule has 3 nitrogen and oxygen atoms in total. The SMILES string of the molecule is Cc1cccc([C@@H]2CNCCN2)c1O.Cl. The van der Waals surface area contributed by atoms with Crippen LogP contribution in [0.2, 0.25) is 0 Å². The van der Waals surface area contributed by atoms with E-state index in [4.69, 9.17) is 0 Å². The number of halogens is 1. The molecule has 1 aromatic rings. The monoisotopic (exact) mass is 228 g/mol. The van der Waals surface area contributed by atoms with Crippen molar-refractivity contribution in [3.8, 4) is 5.75 Å². The lowest BCUT2D eigenvalue weighted by Crippen LogP contribution is -2.42. The van der Waals surface area contributed by atoms with Crippen LogP contribution in [0.4, 0.5) is 0 Å². The average Bonchev–Trinajstić information content (AvgIpc) is 2.23. The van der Waals surface area contributed by atoms with Gasteiger partial charge in [-0.25, -0.2) is 0 Å². The maximum atomic E-state index is 9.88. The molecule has 2 rings (SSSR count). The molecule has 15 heavy (non-hydrogen) atoms. The minimum atomic E-state index is 0. The first kappa shape index (κ1) is 12.3. The van der Waals surface area contributed by atoms with Crippen LogP contribution in [0.5, 0.6) is 5.75 Å². The van der Waals surface area contributed by atoms with E-state index in [0.29, 0.717) is 5.75 Å². The lowest BCUT2D eigenvalue weighted by molar-refractivity contribution is 0.403. The summed E-state index contributed by atoms with van der Waals surface area (Å²) in [5.41, 5.74) is 1.94. The fourth-order valence-corrected chi connectivity index (χ4v) is 1.84. The van der Waals surface area contributed by atoms with E-state index >= 15 is 0 Å². The molecule has 3 N–H and O–H groups in total. The molecular formula is C11H17ClN2O. The number of piperazine rings is 1. The molecular weight excluding hydrogens is 212 g/mol. The molecule has 1 aliphatic rings. The summed E-state index contributed by atoms with van der Waals surface area (Å²) in [6.07, 6.45) is 0. The van der Waals surface area contributed by atoms with Crippen molar-refractivity contribution in [3.63, 3.8) is 0 Å². The highest BCUT2D eigenvalue weighted by molar-refractivity contribution is 5.85. The molecule has 0 saturated carbocycles. The average molecular weight is 229 g/mol. The number of nitrogens with one attached hydrogen (secondary N) is 2. The van der Waals surface area contributed by atoms with Gasteiger partial charge in [0.2, 0.25) is 0 Å². The molecule has 1 aromatic carbocycles. The summed E-state index contributed by atoms with van der Waals surface area (Å²) in [5, 5.41) is 16.6. The van der Waals surface area contributed by atoms with Crippen molar-refractivity contribution in [2.24, 2.45) is 0 Å². The highest BCUT2D eigenvalue weighted by Gasteiger charge is 2.17. The smallest absolute Gasteiger partial charge is 0.123 e. The summed E-state index contributed by atoms with van der Waals surface area (Å²) in [5.74, 6) is 0.425. The molecule has 1 fully saturated rings. The minimum absolute atomic E-state index is 0. The van der Waals surface area contributed by atoms with Gasteiger partial charge >= 0.3 is 0 Å². The van der Waals surface area contributed by atoms with Crippen LogP contribution < -0.4 is 10.6 Å². The number of hydrogen-bond acceptors (Lipinski definition) is 3. The first-order valence-corrected chi connectivity index (χ1v) is 5.01. The number of hydrogen-bond donors (Lipinski definition) is 3. The lowest BCUT2D eigenvalue weighted by atomic mass is 10.0. The fourth-order valence-electron chi connectivity index (χ4n) is 1.84. The lowest BCUT2D eigenvalue weighted by Gasteiger charge is -2.25. The second-order valence-corrected chi connectivity index (χ2v) is 3.72. The molecule has 1 aliphatic heterocycles. The van der Waals surface area contributed by atoms with Crippen molar-refractivity contribution in [1.29, 1.82) is 0 Å². The molecule has 4 heteroatoms. The fraction of sp³-hybridized carbons (Fsp3) is 0.455. The van der Waals surface area contributed by atoms with Crippen LogP contribution >= 0.6 is 12.4 Å². The summed E-state index contributed by atoms with van der Waals surface area (Å²) in [7, 11) is 0. The molecule has 1 saturated heterocycles. The Bertz CT molecular complexity index is 324. The first-order valence-electron chi connectivity index (χ1n) is 5.01. The Morgan fingerprint density at radius 1 is 1.33 bits per heavy atom. The zero-order chi connectivity index (χ0) is 9.97. The molecule has 0 unspecified atom stereocenters. The Kier molecular flexibility index (Phi) is 4.39. The third-order valence-electron chi connectivity index (χ3n) is 2.69. The van der Waals surface area contributed by atoms with E-state index in [-0.39, 0.29) is 18.4 Å². The van der Waals surface area contributed by atoms with Crippen molar-refractivity contribution in [3.05, 3.63) is 29.3 Å². The minimum Gasteiger partial charge on any atom is -0.507 e. The maximum absolute atomic E-state index is 9.88. The summed E-state index contributed by atoms with van der Waals surface area (Å²) in [6, 6.07) is 6.13. The second-order valence-electron chi connectivity index (χ2n) is 3.72. The van der Waals surface area contributed by atoms with E-state index in [9.17, 15) is 5.11 Å². The maximum Gasteiger partial charge on any atom is 0.123 e. The Hall–Kier alpha value is -0.770. The van der Waals surface area contributed by atoms with Gasteiger partial charge in [-0.05, 0) is 12.5 Å². The topological polar surface area (TPSA) is 44.3 Å². The Labute approximate surface area is 96.3 Å². The highest BCUT2D eigenvalue weighted by Crippen LogP contribution is 2.27. The number of rotatable bonds is 1. The van der Waals surface area contributed by atoms with Crippen molar-refractivity contribution in [2.45, 2.75) is 13.0 Å². The highest BCUT2D eigenvalue weighted by atomic mass is 35.5. The van der Waals surface area contributed by atoms with Gasteiger partial charge in [-0.1, -0.05) is 18.2 Å². The van der Waals surface area contributed by atoms with Gasteiger partial charge in [0.05, 0.1) is 0 Å². The number of phenols is 1. The van der Waals surface area contributed by atoms with E-state index in [1.54, 1.807) is 0 Å². The molecule has 0 aliphatic carbocycles. The molecule has 1 atom stereocenters. The van der Waals surface area contributed by atoms with Crippen molar-refractivity contribution in [2.75, 3.05) is 19.6 Å². The number of aromatic hydroxyl groups is 1. The summed E-state index contributed by atoms with van der Waals surface area (Å²) in [6.45, 7) is 4.77. The van der Waals surface area contributed by atoms with Crippen LogP contribution in [0.25, 0.3) is 0 Å². The zero-order valence-electron chi connectivity index (χ0n) is 8.79. The molecule has 0 bridgehead atoms. The third-order valence-corrected chi connectivity index (χ3v) is 2.69. The van der Waals surface area contributed by atoms with Crippen LogP contribution in [0.3, 0.4) is 0 Å². The van der Waals surface area contributed by atoms with Crippen molar-refractivity contribution < 1.29 is 5.11 Å². The van der Waals surface area contributed by atoms with Gasteiger partial charge in [0.25, 0.3) is 0 Å². The largest absolute Gasteiger partial charge is 0.507 e. The summed E-state index contributed by atoms with van der Waals surface area (Å²) in [4.78, 5) is 0. The van der Waals surface area contributed by atoms with Crippen LogP contribution in [0.15, 0.2) is 18.2 Å². The number of benzene rings is 1. The van der Waals surface area contributed by atoms with Crippen molar-refractivity contribution in [1.82, 2.24) is 10.6 Å². The van der Waals surface area contributed by atoms with Crippen LogP contribution in [-0.4, -0.2) is 24.7 Å². The predicted octanol–water partition coefficient (Wildman–Crippen LogP) is 1.36. The van der Waals surface area contributed by atoms with E-state index in [1.807, 2.05) is 25.1 Å². The quantitative estimate of drug-likeness (QED) is 0.680. The molecule has 1 heterocycles. The van der Waals surface area contributed by atoms with Crippen LogP contribution in [0, 0.1) is 6.92 Å². The molecule has 0 spiro atoms. The molecule has 84 valence electrons. The van der Waals surface area contributed by atoms with E-state index in [0.717, 1.165) is 30.8 Å². The van der Waals surface area contributed by atoms with Gasteiger partial charge < -0.3 is 15.7 Å². The van der Waals surface area contributed by atoms with Crippen LogP contribution in [-0.2, 0) is 0 Å². The standard InChI is InChI=1S/C11H16N2O.ClH/c1-8-3-2-4-9(11(8)14)10-7-12-5-6-13-10;/h2-4,10,12-14H,5-7H2,1H3;1H/t10-;/m0./s1. The third kappa shape index (κ3) is 2.62. The van der Waals surface area contributed by atoms with E-state index in [2.05, 4.69) is 10.6 Å². The molecule has 0 aromatic heterocycles. The Morgan fingerprint density at radius 3 is 2.80 bits per heavy atom. The van der Waals surface area contributed by atoms with Gasteiger partial charge in [-0.3, -0.25) is 0 Å². The Balaban J connectivity index is 0.00000112. The van der Waals surface area contributed by atoms with Gasteiger partial charge in [-0.15, -0.1) is 12.4 Å². The number of para-hydroxylation sites is 1. The van der Waals surface area contributed by atoms with Gasteiger partial charge in [-0.2, -0.15) is 0 Å². The number of phenolic OH excluding ortho intramolecular Hbond substituents is 1. The molecule has 0 radical (unpaired) electrons. The van der Waals surface area contributed by atoms with Crippen molar-refractivity contribution >= 4 is 12.4 Å². The predicted molar refractivity (Wildman–Crippen MR) is 63.7 cm³/mol. The zero-order valence-corrected chi connectivity index (χ0v) is 9.60. The van der Waals surface area contributed by atoms with Gasteiger partial charge in [0.1, 0.15) is 5.75 Å². The second kappa shape index (κ2) is 5.35. The van der Waals surface area contributed by atoms with Gasteiger partial charge in [0.15, 0.2) is 0 Å². The summed E-state index contributed by atoms with van der Waals surface area (Å²) >= 11 is 0. The molecule has 0 amide bonds. The van der Waals surface area contributed by atoms with Crippen LogP contribution in [0.1, 0.15) is 17.2 Å². The van der Waals surface area contributed by atoms with E-state index < -0.39 is 0 Å². The number of aryl methyl sites for hydroxylation is 1. The normalized spacial score (nSPS) is 20.7. The first-order chi connectivity index (χ1) is 6.79. The van der Waals surface area contributed by atoms with E-state index in [1.165, 1.54) is 0 Å². The summed E-state index contributed by atoms with van der Waals surface area (Å²) < 4.78 is 0. The van der Waals surface area contributed by atoms with Gasteiger partial charge in [0, 0.05) is 31.2 Å².